The molecule has 0 saturated carbocycles. The lowest BCUT2D eigenvalue weighted by Gasteiger charge is -2.20. The number of nitrogens with zero attached hydrogens (tertiary/aromatic N) is 3. The van der Waals surface area contributed by atoms with Crippen LogP contribution in [0, 0.1) is 6.92 Å². The zero-order chi connectivity index (χ0) is 21.8. The first kappa shape index (κ1) is 20.5. The number of carbonyl (C=O) groups is 1. The third kappa shape index (κ3) is 4.39. The monoisotopic (exact) mass is 430 g/mol. The quantitative estimate of drug-likeness (QED) is 0.503. The highest BCUT2D eigenvalue weighted by molar-refractivity contribution is 6.34. The maximum absolute atomic E-state index is 13.3. The average molecular weight is 431 g/mol. The summed E-state index contributed by atoms with van der Waals surface area (Å²) in [5.74, 6) is -0.527. The Kier molecular flexibility index (Phi) is 5.91. The van der Waals surface area contributed by atoms with Gasteiger partial charge in [-0.3, -0.25) is 19.6 Å². The van der Waals surface area contributed by atoms with Gasteiger partial charge in [0.15, 0.2) is 5.43 Å². The Morgan fingerprint density at radius 1 is 1.03 bits per heavy atom. The molecular formula is C24H19ClN4O2. The van der Waals surface area contributed by atoms with Gasteiger partial charge in [0.2, 0.25) is 0 Å². The SMILES string of the molecule is Cc1cc(=O)c(C(=O)Nc2ccccc2Cl)c(-c2cccnc2)n1Cc1ccncc1. The number of hydrogen-bond donors (Lipinski definition) is 1. The van der Waals surface area contributed by atoms with E-state index >= 15 is 0 Å². The van der Waals surface area contributed by atoms with Crippen LogP contribution in [0.1, 0.15) is 21.6 Å². The van der Waals surface area contributed by atoms with Gasteiger partial charge in [-0.25, -0.2) is 0 Å². The Labute approximate surface area is 184 Å². The number of nitrogens with one attached hydrogen (secondary N) is 1. The number of halogens is 1. The number of rotatable bonds is 5. The first-order valence-corrected chi connectivity index (χ1v) is 10.0. The smallest absolute Gasteiger partial charge is 0.261 e. The molecule has 0 aliphatic rings. The fourth-order valence-electron chi connectivity index (χ4n) is 3.41. The van der Waals surface area contributed by atoms with Gasteiger partial charge in [-0.2, -0.15) is 0 Å². The Balaban J connectivity index is 1.90. The molecule has 0 radical (unpaired) electrons. The summed E-state index contributed by atoms with van der Waals surface area (Å²) < 4.78 is 1.94. The Morgan fingerprint density at radius 2 is 1.81 bits per heavy atom. The number of para-hydroxylation sites is 1. The van der Waals surface area contributed by atoms with Crippen LogP contribution in [0.4, 0.5) is 5.69 Å². The lowest BCUT2D eigenvalue weighted by atomic mass is 10.0. The molecule has 0 atom stereocenters. The molecule has 3 aromatic heterocycles. The molecule has 1 N–H and O–H groups in total. The number of carbonyl (C=O) groups excluding carboxylic acids is 1. The third-order valence-corrected chi connectivity index (χ3v) is 5.22. The van der Waals surface area contributed by atoms with Crippen molar-refractivity contribution < 1.29 is 4.79 Å². The molecule has 0 unspecified atom stereocenters. The zero-order valence-electron chi connectivity index (χ0n) is 16.7. The zero-order valence-corrected chi connectivity index (χ0v) is 17.5. The number of pyridine rings is 3. The van der Waals surface area contributed by atoms with E-state index in [1.165, 1.54) is 6.07 Å². The third-order valence-electron chi connectivity index (χ3n) is 4.89. The molecule has 154 valence electrons. The maximum atomic E-state index is 13.3. The van der Waals surface area contributed by atoms with Crippen molar-refractivity contribution in [3.05, 3.63) is 111 Å². The summed E-state index contributed by atoms with van der Waals surface area (Å²) in [6.07, 6.45) is 6.71. The van der Waals surface area contributed by atoms with Crippen LogP contribution in [0.3, 0.4) is 0 Å². The average Bonchev–Trinajstić information content (AvgIpc) is 2.78. The van der Waals surface area contributed by atoms with Crippen molar-refractivity contribution >= 4 is 23.2 Å². The summed E-state index contributed by atoms with van der Waals surface area (Å²) in [5.41, 5.74) is 2.99. The van der Waals surface area contributed by atoms with E-state index in [1.54, 1.807) is 55.1 Å². The van der Waals surface area contributed by atoms with Crippen LogP contribution >= 0.6 is 11.6 Å². The van der Waals surface area contributed by atoms with Gasteiger partial charge in [-0.15, -0.1) is 0 Å². The highest BCUT2D eigenvalue weighted by atomic mass is 35.5. The fourth-order valence-corrected chi connectivity index (χ4v) is 3.60. The summed E-state index contributed by atoms with van der Waals surface area (Å²) in [6.45, 7) is 2.31. The minimum Gasteiger partial charge on any atom is -0.340 e. The van der Waals surface area contributed by atoms with Gasteiger partial charge in [0.1, 0.15) is 5.56 Å². The van der Waals surface area contributed by atoms with Gasteiger partial charge in [0.25, 0.3) is 5.91 Å². The van der Waals surface area contributed by atoms with Crippen LogP contribution in [0.15, 0.2) is 84.2 Å². The molecule has 0 bridgehead atoms. The highest BCUT2D eigenvalue weighted by Gasteiger charge is 2.22. The fraction of sp³-hybridized carbons (Fsp3) is 0.0833. The summed E-state index contributed by atoms with van der Waals surface area (Å²) in [6, 6.07) is 15.8. The second-order valence-electron chi connectivity index (χ2n) is 6.99. The molecule has 6 nitrogen and oxygen atoms in total. The van der Waals surface area contributed by atoms with Crippen molar-refractivity contribution in [2.45, 2.75) is 13.5 Å². The summed E-state index contributed by atoms with van der Waals surface area (Å²) in [4.78, 5) is 34.5. The molecule has 1 amide bonds. The van der Waals surface area contributed by atoms with E-state index in [0.29, 0.717) is 28.5 Å². The van der Waals surface area contributed by atoms with E-state index in [2.05, 4.69) is 15.3 Å². The Morgan fingerprint density at radius 3 is 2.52 bits per heavy atom. The summed E-state index contributed by atoms with van der Waals surface area (Å²) in [7, 11) is 0. The van der Waals surface area contributed by atoms with Gasteiger partial charge in [0, 0.05) is 48.7 Å². The molecule has 4 rings (SSSR count). The van der Waals surface area contributed by atoms with Crippen LogP contribution in [-0.4, -0.2) is 20.4 Å². The molecule has 7 heteroatoms. The molecule has 31 heavy (non-hydrogen) atoms. The predicted octanol–water partition coefficient (Wildman–Crippen LogP) is 4.57. The number of aromatic nitrogens is 3. The van der Waals surface area contributed by atoms with Gasteiger partial charge >= 0.3 is 0 Å². The van der Waals surface area contributed by atoms with Crippen molar-refractivity contribution in [3.63, 3.8) is 0 Å². The highest BCUT2D eigenvalue weighted by Crippen LogP contribution is 2.26. The molecule has 0 saturated heterocycles. The molecule has 0 aliphatic heterocycles. The maximum Gasteiger partial charge on any atom is 0.261 e. The molecule has 4 aromatic rings. The topological polar surface area (TPSA) is 76.9 Å². The second kappa shape index (κ2) is 8.93. The van der Waals surface area contributed by atoms with Crippen molar-refractivity contribution in [3.8, 4) is 11.3 Å². The van der Waals surface area contributed by atoms with Crippen LogP contribution in [0.5, 0.6) is 0 Å². The predicted molar refractivity (Wildman–Crippen MR) is 121 cm³/mol. The molecule has 0 aliphatic carbocycles. The first-order valence-electron chi connectivity index (χ1n) is 9.64. The number of benzene rings is 1. The van der Waals surface area contributed by atoms with Crippen molar-refractivity contribution in [1.82, 2.24) is 14.5 Å². The Bertz CT molecular complexity index is 1290. The largest absolute Gasteiger partial charge is 0.340 e. The van der Waals surface area contributed by atoms with Crippen molar-refractivity contribution in [1.29, 1.82) is 0 Å². The van der Waals surface area contributed by atoms with Gasteiger partial charge in [-0.05, 0) is 48.9 Å². The molecule has 0 spiro atoms. The van der Waals surface area contributed by atoms with E-state index in [1.807, 2.05) is 29.7 Å². The van der Waals surface area contributed by atoms with Gasteiger partial charge in [-0.1, -0.05) is 23.7 Å². The molecule has 1 aromatic carbocycles. The number of aryl methyl sites for hydroxylation is 1. The summed E-state index contributed by atoms with van der Waals surface area (Å²) >= 11 is 6.20. The van der Waals surface area contributed by atoms with Crippen molar-refractivity contribution in [2.24, 2.45) is 0 Å². The minimum atomic E-state index is -0.527. The Hall–Kier alpha value is -3.77. The molecule has 3 heterocycles. The summed E-state index contributed by atoms with van der Waals surface area (Å²) in [5, 5.41) is 3.17. The number of anilines is 1. The normalized spacial score (nSPS) is 10.6. The van der Waals surface area contributed by atoms with E-state index in [4.69, 9.17) is 11.6 Å². The van der Waals surface area contributed by atoms with E-state index in [9.17, 15) is 9.59 Å². The minimum absolute atomic E-state index is 0.0348. The standard InChI is InChI=1S/C24H19ClN4O2/c1-16-13-21(30)22(24(31)28-20-7-3-2-6-19(20)25)23(18-5-4-10-27-14-18)29(16)15-17-8-11-26-12-9-17/h2-14H,15H2,1H3,(H,28,31). The number of hydrogen-bond acceptors (Lipinski definition) is 4. The van der Waals surface area contributed by atoms with Gasteiger partial charge in [0.05, 0.1) is 16.4 Å². The van der Waals surface area contributed by atoms with E-state index in [-0.39, 0.29) is 11.0 Å². The lowest BCUT2D eigenvalue weighted by Crippen LogP contribution is -2.27. The van der Waals surface area contributed by atoms with Crippen molar-refractivity contribution in [2.75, 3.05) is 5.32 Å². The van der Waals surface area contributed by atoms with Crippen LogP contribution < -0.4 is 10.7 Å². The lowest BCUT2D eigenvalue weighted by molar-refractivity contribution is 0.102. The molecular weight excluding hydrogens is 412 g/mol. The van der Waals surface area contributed by atoms with Crippen LogP contribution in [0.25, 0.3) is 11.3 Å². The number of amides is 1. The molecule has 0 fully saturated rings. The van der Waals surface area contributed by atoms with Crippen LogP contribution in [0.2, 0.25) is 5.02 Å². The van der Waals surface area contributed by atoms with E-state index in [0.717, 1.165) is 11.3 Å². The first-order chi connectivity index (χ1) is 15.0. The van der Waals surface area contributed by atoms with Crippen LogP contribution in [-0.2, 0) is 6.54 Å². The van der Waals surface area contributed by atoms with E-state index < -0.39 is 5.91 Å². The second-order valence-corrected chi connectivity index (χ2v) is 7.40. The van der Waals surface area contributed by atoms with Gasteiger partial charge < -0.3 is 9.88 Å².